The fourth-order valence-corrected chi connectivity index (χ4v) is 2.19. The van der Waals surface area contributed by atoms with Crippen LogP contribution in [0.15, 0.2) is 12.1 Å². The molecule has 0 aromatic heterocycles. The van der Waals surface area contributed by atoms with Crippen molar-refractivity contribution in [2.45, 2.75) is 38.2 Å². The summed E-state index contributed by atoms with van der Waals surface area (Å²) in [5.74, 6) is 1.01. The Morgan fingerprint density at radius 1 is 1.38 bits per heavy atom. The van der Waals surface area contributed by atoms with E-state index in [0.29, 0.717) is 16.7 Å². The summed E-state index contributed by atoms with van der Waals surface area (Å²) in [6.45, 7) is 4.22. The first-order chi connectivity index (χ1) is 7.48. The summed E-state index contributed by atoms with van der Waals surface area (Å²) in [6, 6.07) is 3.93. The van der Waals surface area contributed by atoms with E-state index in [1.807, 2.05) is 12.1 Å². The molecule has 0 saturated heterocycles. The van der Waals surface area contributed by atoms with Crippen LogP contribution in [0.1, 0.15) is 43.7 Å². The predicted molar refractivity (Wildman–Crippen MR) is 65.2 cm³/mol. The third-order valence-electron chi connectivity index (χ3n) is 3.16. The molecule has 3 heteroatoms. The zero-order valence-corrected chi connectivity index (χ0v) is 10.6. The van der Waals surface area contributed by atoms with E-state index in [-0.39, 0.29) is 0 Å². The minimum absolute atomic E-state index is 0.393. The normalized spacial score (nSPS) is 17.6. The quantitative estimate of drug-likeness (QED) is 0.877. The summed E-state index contributed by atoms with van der Waals surface area (Å²) in [5.41, 5.74) is 1.27. The van der Waals surface area contributed by atoms with Crippen LogP contribution in [-0.2, 0) is 5.60 Å². The van der Waals surface area contributed by atoms with Crippen LogP contribution in [0.2, 0.25) is 5.02 Å². The lowest BCUT2D eigenvalue weighted by atomic mass is 9.97. The maximum atomic E-state index is 10.2. The standard InChI is InChI=1S/C13H17ClO2/c1-8(2)9-6-10(13(15)4-5-13)12(16-3)11(14)7-9/h6-8,15H,4-5H2,1-3H3. The monoisotopic (exact) mass is 240 g/mol. The minimum Gasteiger partial charge on any atom is -0.495 e. The van der Waals surface area contributed by atoms with E-state index >= 15 is 0 Å². The van der Waals surface area contributed by atoms with Crippen molar-refractivity contribution in [3.05, 3.63) is 28.3 Å². The summed E-state index contributed by atoms with van der Waals surface area (Å²) in [4.78, 5) is 0. The Bertz CT molecular complexity index is 409. The number of ether oxygens (including phenoxy) is 1. The van der Waals surface area contributed by atoms with E-state index in [1.54, 1.807) is 7.11 Å². The molecule has 1 N–H and O–H groups in total. The first kappa shape index (κ1) is 11.7. The molecule has 1 saturated carbocycles. The van der Waals surface area contributed by atoms with Gasteiger partial charge in [-0.15, -0.1) is 0 Å². The van der Waals surface area contributed by atoms with E-state index in [9.17, 15) is 5.11 Å². The van der Waals surface area contributed by atoms with Gasteiger partial charge in [-0.2, -0.15) is 0 Å². The third kappa shape index (κ3) is 1.92. The average molecular weight is 241 g/mol. The highest BCUT2D eigenvalue weighted by Gasteiger charge is 2.45. The summed E-state index contributed by atoms with van der Waals surface area (Å²) < 4.78 is 5.29. The van der Waals surface area contributed by atoms with Gasteiger partial charge in [0.15, 0.2) is 0 Å². The van der Waals surface area contributed by atoms with Crippen molar-refractivity contribution >= 4 is 11.6 Å². The predicted octanol–water partition coefficient (Wildman–Crippen LogP) is 3.45. The molecule has 0 amide bonds. The molecular weight excluding hydrogens is 224 g/mol. The van der Waals surface area contributed by atoms with Crippen LogP contribution in [0.25, 0.3) is 0 Å². The molecule has 0 aliphatic heterocycles. The van der Waals surface area contributed by atoms with Crippen LogP contribution in [0, 0.1) is 0 Å². The van der Waals surface area contributed by atoms with Gasteiger partial charge in [0.2, 0.25) is 0 Å². The average Bonchev–Trinajstić information content (AvgIpc) is 2.96. The number of rotatable bonds is 3. The van der Waals surface area contributed by atoms with E-state index in [0.717, 1.165) is 24.0 Å². The van der Waals surface area contributed by atoms with Crippen molar-refractivity contribution in [1.82, 2.24) is 0 Å². The highest BCUT2D eigenvalue weighted by molar-refractivity contribution is 6.32. The smallest absolute Gasteiger partial charge is 0.143 e. The first-order valence-electron chi connectivity index (χ1n) is 5.58. The Morgan fingerprint density at radius 3 is 2.44 bits per heavy atom. The van der Waals surface area contributed by atoms with Gasteiger partial charge in [-0.05, 0) is 36.5 Å². The van der Waals surface area contributed by atoms with Crippen LogP contribution in [0.3, 0.4) is 0 Å². The Labute approximate surface area is 101 Å². The van der Waals surface area contributed by atoms with Crippen molar-refractivity contribution in [2.75, 3.05) is 7.11 Å². The highest BCUT2D eigenvalue weighted by Crippen LogP contribution is 2.51. The zero-order valence-electron chi connectivity index (χ0n) is 9.88. The highest BCUT2D eigenvalue weighted by atomic mass is 35.5. The van der Waals surface area contributed by atoms with Crippen molar-refractivity contribution < 1.29 is 9.84 Å². The van der Waals surface area contributed by atoms with Crippen LogP contribution in [0.5, 0.6) is 5.75 Å². The van der Waals surface area contributed by atoms with Crippen LogP contribution < -0.4 is 4.74 Å². The van der Waals surface area contributed by atoms with Gasteiger partial charge in [-0.3, -0.25) is 0 Å². The number of aliphatic hydroxyl groups is 1. The van der Waals surface area contributed by atoms with E-state index in [4.69, 9.17) is 16.3 Å². The SMILES string of the molecule is COc1c(Cl)cc(C(C)C)cc1C1(O)CC1. The molecule has 1 aromatic rings. The number of hydrogen-bond acceptors (Lipinski definition) is 2. The molecule has 2 nitrogen and oxygen atoms in total. The van der Waals surface area contributed by atoms with E-state index in [1.165, 1.54) is 0 Å². The molecule has 1 fully saturated rings. The minimum atomic E-state index is -0.708. The zero-order chi connectivity index (χ0) is 11.9. The molecule has 1 aliphatic carbocycles. The Hall–Kier alpha value is -0.730. The molecule has 1 aliphatic rings. The van der Waals surface area contributed by atoms with Gasteiger partial charge in [0.05, 0.1) is 17.7 Å². The van der Waals surface area contributed by atoms with E-state index < -0.39 is 5.60 Å². The molecule has 1 aromatic carbocycles. The van der Waals surface area contributed by atoms with Crippen molar-refractivity contribution in [3.8, 4) is 5.75 Å². The van der Waals surface area contributed by atoms with Gasteiger partial charge in [0.1, 0.15) is 5.75 Å². The lowest BCUT2D eigenvalue weighted by Crippen LogP contribution is -2.08. The second-order valence-corrected chi connectivity index (χ2v) is 5.18. The van der Waals surface area contributed by atoms with Crippen molar-refractivity contribution in [1.29, 1.82) is 0 Å². The van der Waals surface area contributed by atoms with Gasteiger partial charge in [-0.1, -0.05) is 25.4 Å². The number of hydrogen-bond donors (Lipinski definition) is 1. The summed E-state index contributed by atoms with van der Waals surface area (Å²) >= 11 is 6.18. The molecule has 16 heavy (non-hydrogen) atoms. The fraction of sp³-hybridized carbons (Fsp3) is 0.538. The molecule has 2 rings (SSSR count). The van der Waals surface area contributed by atoms with Gasteiger partial charge >= 0.3 is 0 Å². The lowest BCUT2D eigenvalue weighted by Gasteiger charge is -2.18. The Balaban J connectivity index is 2.55. The van der Waals surface area contributed by atoms with Crippen LogP contribution in [-0.4, -0.2) is 12.2 Å². The third-order valence-corrected chi connectivity index (χ3v) is 3.44. The van der Waals surface area contributed by atoms with Crippen molar-refractivity contribution in [2.24, 2.45) is 0 Å². The molecular formula is C13H17ClO2. The maximum Gasteiger partial charge on any atom is 0.143 e. The summed E-state index contributed by atoms with van der Waals surface area (Å²) in [5, 5.41) is 10.8. The Morgan fingerprint density at radius 2 is 2.00 bits per heavy atom. The molecule has 0 radical (unpaired) electrons. The van der Waals surface area contributed by atoms with E-state index in [2.05, 4.69) is 13.8 Å². The molecule has 0 heterocycles. The topological polar surface area (TPSA) is 29.5 Å². The van der Waals surface area contributed by atoms with Crippen LogP contribution >= 0.6 is 11.6 Å². The number of benzene rings is 1. The van der Waals surface area contributed by atoms with Gasteiger partial charge in [0.25, 0.3) is 0 Å². The maximum absolute atomic E-state index is 10.2. The molecule has 0 atom stereocenters. The molecule has 88 valence electrons. The van der Waals surface area contributed by atoms with Gasteiger partial charge < -0.3 is 9.84 Å². The first-order valence-corrected chi connectivity index (χ1v) is 5.96. The molecule has 0 spiro atoms. The summed E-state index contributed by atoms with van der Waals surface area (Å²) in [7, 11) is 1.59. The van der Waals surface area contributed by atoms with Gasteiger partial charge in [-0.25, -0.2) is 0 Å². The van der Waals surface area contributed by atoms with Crippen LogP contribution in [0.4, 0.5) is 0 Å². The second kappa shape index (κ2) is 3.94. The van der Waals surface area contributed by atoms with Crippen molar-refractivity contribution in [3.63, 3.8) is 0 Å². The molecule has 0 bridgehead atoms. The van der Waals surface area contributed by atoms with Gasteiger partial charge in [0, 0.05) is 5.56 Å². The fourth-order valence-electron chi connectivity index (χ4n) is 1.89. The Kier molecular flexibility index (Phi) is 2.89. The summed E-state index contributed by atoms with van der Waals surface area (Å²) in [6.07, 6.45) is 1.59. The lowest BCUT2D eigenvalue weighted by molar-refractivity contribution is 0.147. The largest absolute Gasteiger partial charge is 0.495 e. The number of methoxy groups -OCH3 is 1. The number of halogens is 1. The second-order valence-electron chi connectivity index (χ2n) is 4.77. The molecule has 0 unspecified atom stereocenters.